The number of imide groups is 1. The van der Waals surface area contributed by atoms with Crippen LogP contribution in [0, 0.1) is 0 Å². The van der Waals surface area contributed by atoms with Gasteiger partial charge in [0.25, 0.3) is 11.8 Å². The number of fused-ring (bicyclic) bond motifs is 1. The third kappa shape index (κ3) is 2.85. The van der Waals surface area contributed by atoms with Gasteiger partial charge in [-0.15, -0.1) is 11.8 Å². The molecule has 0 bridgehead atoms. The number of thioether (sulfide) groups is 1. The molecule has 2 aromatic carbocycles. The minimum atomic E-state index is -0.652. The highest BCUT2D eigenvalue weighted by Gasteiger charge is 2.38. The SMILES string of the molecule is CSc1ccccc1CC(=O)ON1C(=O)c2ccccc2C1=O. The predicted molar refractivity (Wildman–Crippen MR) is 85.0 cm³/mol. The van der Waals surface area contributed by atoms with Gasteiger partial charge in [0, 0.05) is 4.90 Å². The Morgan fingerprint density at radius 2 is 1.57 bits per heavy atom. The van der Waals surface area contributed by atoms with Gasteiger partial charge in [0.15, 0.2) is 0 Å². The van der Waals surface area contributed by atoms with Crippen LogP contribution in [-0.4, -0.2) is 29.1 Å². The van der Waals surface area contributed by atoms with Crippen molar-refractivity contribution in [3.8, 4) is 0 Å². The van der Waals surface area contributed by atoms with Gasteiger partial charge in [-0.2, -0.15) is 0 Å². The number of hydroxylamine groups is 2. The second kappa shape index (κ2) is 6.26. The molecule has 1 aliphatic heterocycles. The molecule has 0 N–H and O–H groups in total. The molecule has 1 heterocycles. The molecule has 2 aromatic rings. The zero-order chi connectivity index (χ0) is 16.4. The quantitative estimate of drug-likeness (QED) is 0.638. The Morgan fingerprint density at radius 1 is 1.00 bits per heavy atom. The Morgan fingerprint density at radius 3 is 2.17 bits per heavy atom. The molecule has 0 aliphatic carbocycles. The minimum absolute atomic E-state index is 0.00951. The number of carbonyl (C=O) groups excluding carboxylic acids is 3. The first kappa shape index (κ1) is 15.3. The molecule has 23 heavy (non-hydrogen) atoms. The van der Waals surface area contributed by atoms with Crippen LogP contribution in [0.4, 0.5) is 0 Å². The lowest BCUT2D eigenvalue weighted by molar-refractivity contribution is -0.167. The summed E-state index contributed by atoms with van der Waals surface area (Å²) in [6, 6.07) is 13.8. The summed E-state index contributed by atoms with van der Waals surface area (Å²) in [4.78, 5) is 42.3. The molecular formula is C17H13NO4S. The van der Waals surface area contributed by atoms with Gasteiger partial charge in [-0.05, 0) is 30.0 Å². The second-order valence-electron chi connectivity index (χ2n) is 4.90. The Bertz CT molecular complexity index is 768. The van der Waals surface area contributed by atoms with Crippen molar-refractivity contribution in [3.63, 3.8) is 0 Å². The van der Waals surface area contributed by atoms with E-state index in [1.807, 2.05) is 30.5 Å². The van der Waals surface area contributed by atoms with E-state index >= 15 is 0 Å². The van der Waals surface area contributed by atoms with Crippen LogP contribution in [0.2, 0.25) is 0 Å². The highest BCUT2D eigenvalue weighted by molar-refractivity contribution is 7.98. The number of hydrogen-bond donors (Lipinski definition) is 0. The first-order valence-electron chi connectivity index (χ1n) is 6.92. The van der Waals surface area contributed by atoms with E-state index < -0.39 is 17.8 Å². The number of rotatable bonds is 4. The van der Waals surface area contributed by atoms with Gasteiger partial charge in [-0.3, -0.25) is 9.59 Å². The Kier molecular flexibility index (Phi) is 4.16. The average molecular weight is 327 g/mol. The molecule has 0 spiro atoms. The first-order chi connectivity index (χ1) is 11.1. The molecule has 0 aromatic heterocycles. The van der Waals surface area contributed by atoms with Gasteiger partial charge >= 0.3 is 5.97 Å². The molecule has 0 atom stereocenters. The van der Waals surface area contributed by atoms with Crippen LogP contribution in [0.1, 0.15) is 26.3 Å². The van der Waals surface area contributed by atoms with Crippen molar-refractivity contribution in [1.29, 1.82) is 0 Å². The molecule has 2 amide bonds. The molecule has 6 heteroatoms. The van der Waals surface area contributed by atoms with Crippen molar-refractivity contribution in [2.24, 2.45) is 0 Å². The lowest BCUT2D eigenvalue weighted by atomic mass is 10.1. The number of amides is 2. The van der Waals surface area contributed by atoms with E-state index in [2.05, 4.69) is 0 Å². The van der Waals surface area contributed by atoms with E-state index in [0.29, 0.717) is 5.06 Å². The first-order valence-corrected chi connectivity index (χ1v) is 8.15. The Labute approximate surface area is 137 Å². The number of hydrogen-bond acceptors (Lipinski definition) is 5. The van der Waals surface area contributed by atoms with E-state index in [1.165, 1.54) is 23.9 Å². The summed E-state index contributed by atoms with van der Waals surface area (Å²) in [6.45, 7) is 0. The lowest BCUT2D eigenvalue weighted by Crippen LogP contribution is -2.33. The van der Waals surface area contributed by atoms with Crippen LogP contribution < -0.4 is 0 Å². The molecular weight excluding hydrogens is 314 g/mol. The number of carbonyl (C=O) groups is 3. The van der Waals surface area contributed by atoms with Crippen molar-refractivity contribution < 1.29 is 19.2 Å². The molecule has 1 aliphatic rings. The zero-order valence-corrected chi connectivity index (χ0v) is 13.1. The standard InChI is InChI=1S/C17H13NO4S/c1-23-14-9-5-2-6-11(14)10-15(19)22-18-16(20)12-7-3-4-8-13(12)17(18)21/h2-9H,10H2,1H3. The largest absolute Gasteiger partial charge is 0.337 e. The summed E-state index contributed by atoms with van der Waals surface area (Å²) in [5, 5.41) is 0.536. The van der Waals surface area contributed by atoms with Crippen LogP contribution in [0.25, 0.3) is 0 Å². The van der Waals surface area contributed by atoms with Crippen LogP contribution >= 0.6 is 11.8 Å². The fraction of sp³-hybridized carbons (Fsp3) is 0.118. The molecule has 0 unspecified atom stereocenters. The molecule has 3 rings (SSSR count). The van der Waals surface area contributed by atoms with E-state index in [-0.39, 0.29) is 17.5 Å². The number of nitrogens with zero attached hydrogens (tertiary/aromatic N) is 1. The molecule has 116 valence electrons. The topological polar surface area (TPSA) is 63.7 Å². The van der Waals surface area contributed by atoms with Crippen molar-refractivity contribution in [3.05, 3.63) is 65.2 Å². The molecule has 5 nitrogen and oxygen atoms in total. The summed E-state index contributed by atoms with van der Waals surface area (Å²) < 4.78 is 0. The van der Waals surface area contributed by atoms with Crippen LogP contribution in [-0.2, 0) is 16.1 Å². The Hall–Kier alpha value is -2.60. The van der Waals surface area contributed by atoms with Crippen molar-refractivity contribution in [2.45, 2.75) is 11.3 Å². The third-order valence-corrected chi connectivity index (χ3v) is 4.32. The van der Waals surface area contributed by atoms with Crippen LogP contribution in [0.5, 0.6) is 0 Å². The summed E-state index contributed by atoms with van der Waals surface area (Å²) in [7, 11) is 0. The molecule has 0 fully saturated rings. The maximum Gasteiger partial charge on any atom is 0.337 e. The van der Waals surface area contributed by atoms with Crippen molar-refractivity contribution in [2.75, 3.05) is 6.26 Å². The average Bonchev–Trinajstić information content (AvgIpc) is 2.81. The van der Waals surface area contributed by atoms with Gasteiger partial charge in [-0.1, -0.05) is 35.4 Å². The molecule has 0 saturated heterocycles. The summed E-state index contributed by atoms with van der Waals surface area (Å²) in [5.74, 6) is -1.88. The van der Waals surface area contributed by atoms with Gasteiger partial charge in [-0.25, -0.2) is 4.79 Å². The highest BCUT2D eigenvalue weighted by Crippen LogP contribution is 2.24. The monoisotopic (exact) mass is 327 g/mol. The van der Waals surface area contributed by atoms with Crippen molar-refractivity contribution >= 4 is 29.5 Å². The van der Waals surface area contributed by atoms with E-state index in [0.717, 1.165) is 10.5 Å². The zero-order valence-electron chi connectivity index (χ0n) is 12.3. The fourth-order valence-electron chi connectivity index (χ4n) is 2.39. The maximum atomic E-state index is 12.1. The smallest absolute Gasteiger partial charge is 0.329 e. The summed E-state index contributed by atoms with van der Waals surface area (Å²) >= 11 is 1.52. The minimum Gasteiger partial charge on any atom is -0.329 e. The number of benzene rings is 2. The normalized spacial score (nSPS) is 13.2. The van der Waals surface area contributed by atoms with Gasteiger partial charge in [0.2, 0.25) is 0 Å². The van der Waals surface area contributed by atoms with E-state index in [4.69, 9.17) is 4.84 Å². The van der Waals surface area contributed by atoms with Gasteiger partial charge in [0.1, 0.15) is 0 Å². The third-order valence-electron chi connectivity index (χ3n) is 3.48. The van der Waals surface area contributed by atoms with Crippen molar-refractivity contribution in [1.82, 2.24) is 5.06 Å². The maximum absolute atomic E-state index is 12.1. The van der Waals surface area contributed by atoms with E-state index in [1.54, 1.807) is 12.1 Å². The van der Waals surface area contributed by atoms with Gasteiger partial charge < -0.3 is 4.84 Å². The second-order valence-corrected chi connectivity index (χ2v) is 5.75. The summed E-state index contributed by atoms with van der Waals surface area (Å²) in [6.07, 6.45) is 1.90. The Balaban J connectivity index is 1.74. The lowest BCUT2D eigenvalue weighted by Gasteiger charge is -2.13. The fourth-order valence-corrected chi connectivity index (χ4v) is 3.01. The highest BCUT2D eigenvalue weighted by atomic mass is 32.2. The van der Waals surface area contributed by atoms with E-state index in [9.17, 15) is 14.4 Å². The summed E-state index contributed by atoms with van der Waals surface area (Å²) in [5.41, 5.74) is 1.28. The molecule has 0 saturated carbocycles. The van der Waals surface area contributed by atoms with Crippen LogP contribution in [0.15, 0.2) is 53.4 Å². The predicted octanol–water partition coefficient (Wildman–Crippen LogP) is 2.71. The van der Waals surface area contributed by atoms with Crippen LogP contribution in [0.3, 0.4) is 0 Å². The molecule has 0 radical (unpaired) electrons. The van der Waals surface area contributed by atoms with Gasteiger partial charge in [0.05, 0.1) is 17.5 Å².